The van der Waals surface area contributed by atoms with E-state index in [0.717, 1.165) is 36.6 Å². The van der Waals surface area contributed by atoms with Crippen molar-refractivity contribution in [2.24, 2.45) is 5.41 Å². The summed E-state index contributed by atoms with van der Waals surface area (Å²) >= 11 is 1.35. The predicted octanol–water partition coefficient (Wildman–Crippen LogP) is 2.16. The number of hydrogen-bond acceptors (Lipinski definition) is 5. The molecule has 0 saturated heterocycles. The molecule has 1 aromatic rings. The van der Waals surface area contributed by atoms with Crippen LogP contribution < -0.4 is 5.32 Å². The van der Waals surface area contributed by atoms with Crippen molar-refractivity contribution >= 4 is 22.6 Å². The Hall–Kier alpha value is -1.17. The lowest BCUT2D eigenvalue weighted by Gasteiger charge is -2.40. The molecule has 1 aliphatic rings. The van der Waals surface area contributed by atoms with Crippen molar-refractivity contribution in [3.8, 4) is 0 Å². The fourth-order valence-electron chi connectivity index (χ4n) is 2.15. The SMILES string of the molecule is CCc1nsc(NCC2(CC(=O)O)CCC2)n1. The fourth-order valence-corrected chi connectivity index (χ4v) is 2.79. The highest BCUT2D eigenvalue weighted by Gasteiger charge is 2.38. The number of aryl methyl sites for hydroxylation is 1. The average Bonchev–Trinajstić information content (AvgIpc) is 2.69. The molecule has 1 aliphatic carbocycles. The Labute approximate surface area is 104 Å². The van der Waals surface area contributed by atoms with Crippen LogP contribution in [0.25, 0.3) is 0 Å². The molecular weight excluding hydrogens is 238 g/mol. The number of rotatable bonds is 6. The molecule has 0 unspecified atom stereocenters. The molecule has 0 atom stereocenters. The molecule has 0 bridgehead atoms. The van der Waals surface area contributed by atoms with Crippen molar-refractivity contribution in [1.82, 2.24) is 9.36 Å². The van der Waals surface area contributed by atoms with E-state index in [0.29, 0.717) is 6.54 Å². The minimum Gasteiger partial charge on any atom is -0.481 e. The van der Waals surface area contributed by atoms with Gasteiger partial charge in [0, 0.05) is 24.5 Å². The van der Waals surface area contributed by atoms with E-state index in [1.165, 1.54) is 11.5 Å². The molecule has 0 aliphatic heterocycles. The number of carboxylic acid groups (broad SMARTS) is 1. The van der Waals surface area contributed by atoms with Gasteiger partial charge < -0.3 is 10.4 Å². The Morgan fingerprint density at radius 3 is 2.82 bits per heavy atom. The van der Waals surface area contributed by atoms with E-state index in [-0.39, 0.29) is 11.8 Å². The molecule has 0 aromatic carbocycles. The number of nitrogens with one attached hydrogen (secondary N) is 1. The Bertz CT molecular complexity index is 401. The topological polar surface area (TPSA) is 75.1 Å². The fraction of sp³-hybridized carbons (Fsp3) is 0.727. The first kappa shape index (κ1) is 12.3. The van der Waals surface area contributed by atoms with Crippen molar-refractivity contribution in [3.05, 3.63) is 5.82 Å². The summed E-state index contributed by atoms with van der Waals surface area (Å²) in [7, 11) is 0. The standard InChI is InChI=1S/C11H17N3O2S/c1-2-8-13-10(17-14-8)12-7-11(4-3-5-11)6-9(15)16/h2-7H2,1H3,(H,15,16)(H,12,13,14). The molecule has 1 saturated carbocycles. The monoisotopic (exact) mass is 255 g/mol. The minimum atomic E-state index is -0.710. The van der Waals surface area contributed by atoms with E-state index < -0.39 is 5.97 Å². The van der Waals surface area contributed by atoms with Crippen LogP contribution in [-0.4, -0.2) is 27.0 Å². The van der Waals surface area contributed by atoms with Gasteiger partial charge in [-0.05, 0) is 18.3 Å². The molecule has 1 heterocycles. The number of aromatic nitrogens is 2. The first-order valence-corrected chi connectivity index (χ1v) is 6.69. The zero-order valence-corrected chi connectivity index (χ0v) is 10.7. The molecule has 5 nitrogen and oxygen atoms in total. The number of nitrogens with zero attached hydrogens (tertiary/aromatic N) is 2. The van der Waals surface area contributed by atoms with Crippen LogP contribution in [0.1, 0.15) is 38.4 Å². The number of aliphatic carboxylic acids is 1. The van der Waals surface area contributed by atoms with Crippen molar-refractivity contribution < 1.29 is 9.90 Å². The summed E-state index contributed by atoms with van der Waals surface area (Å²) in [6, 6.07) is 0. The maximum atomic E-state index is 10.8. The third-order valence-electron chi connectivity index (χ3n) is 3.34. The first-order chi connectivity index (χ1) is 8.13. The second kappa shape index (κ2) is 5.00. The summed E-state index contributed by atoms with van der Waals surface area (Å²) in [5, 5.41) is 12.9. The van der Waals surface area contributed by atoms with Crippen LogP contribution in [0.2, 0.25) is 0 Å². The predicted molar refractivity (Wildman–Crippen MR) is 66.3 cm³/mol. The highest BCUT2D eigenvalue weighted by atomic mass is 32.1. The molecule has 2 N–H and O–H groups in total. The van der Waals surface area contributed by atoms with Crippen molar-refractivity contribution in [2.45, 2.75) is 39.0 Å². The summed E-state index contributed by atoms with van der Waals surface area (Å²) in [5.41, 5.74) is -0.0656. The van der Waals surface area contributed by atoms with Gasteiger partial charge >= 0.3 is 5.97 Å². The van der Waals surface area contributed by atoms with Gasteiger partial charge in [0.05, 0.1) is 6.42 Å². The second-order valence-corrected chi connectivity index (χ2v) is 5.40. The van der Waals surface area contributed by atoms with E-state index in [9.17, 15) is 4.79 Å². The Morgan fingerprint density at radius 2 is 2.35 bits per heavy atom. The minimum absolute atomic E-state index is 0.0656. The lowest BCUT2D eigenvalue weighted by atomic mass is 9.66. The normalized spacial score (nSPS) is 17.5. The molecule has 6 heteroatoms. The summed E-state index contributed by atoms with van der Waals surface area (Å²) in [6.45, 7) is 2.71. The Morgan fingerprint density at radius 1 is 1.59 bits per heavy atom. The third kappa shape index (κ3) is 2.94. The lowest BCUT2D eigenvalue weighted by molar-refractivity contribution is -0.141. The van der Waals surface area contributed by atoms with E-state index in [2.05, 4.69) is 14.7 Å². The van der Waals surface area contributed by atoms with E-state index in [4.69, 9.17) is 5.11 Å². The van der Waals surface area contributed by atoms with Crippen LogP contribution in [0.15, 0.2) is 0 Å². The van der Waals surface area contributed by atoms with Crippen LogP contribution in [0.5, 0.6) is 0 Å². The molecule has 0 amide bonds. The van der Waals surface area contributed by atoms with Crippen molar-refractivity contribution in [3.63, 3.8) is 0 Å². The third-order valence-corrected chi connectivity index (χ3v) is 4.05. The van der Waals surface area contributed by atoms with E-state index in [1.807, 2.05) is 6.92 Å². The number of carbonyl (C=O) groups is 1. The molecular formula is C11H17N3O2S. The number of hydrogen-bond donors (Lipinski definition) is 2. The van der Waals surface area contributed by atoms with E-state index in [1.54, 1.807) is 0 Å². The van der Waals surface area contributed by atoms with Crippen molar-refractivity contribution in [1.29, 1.82) is 0 Å². The maximum Gasteiger partial charge on any atom is 0.303 e. The molecule has 2 rings (SSSR count). The summed E-state index contributed by atoms with van der Waals surface area (Å²) in [5.74, 6) is 0.136. The van der Waals surface area contributed by atoms with Gasteiger partial charge in [0.2, 0.25) is 5.13 Å². The highest BCUT2D eigenvalue weighted by Crippen LogP contribution is 2.44. The average molecular weight is 255 g/mol. The first-order valence-electron chi connectivity index (χ1n) is 5.92. The van der Waals surface area contributed by atoms with Crippen LogP contribution in [0.4, 0.5) is 5.13 Å². The van der Waals surface area contributed by atoms with Gasteiger partial charge in [0.15, 0.2) is 0 Å². The van der Waals surface area contributed by atoms with Crippen LogP contribution in [-0.2, 0) is 11.2 Å². The van der Waals surface area contributed by atoms with Crippen molar-refractivity contribution in [2.75, 3.05) is 11.9 Å². The highest BCUT2D eigenvalue weighted by molar-refractivity contribution is 7.09. The molecule has 1 aromatic heterocycles. The van der Waals surface area contributed by atoms with Crippen LogP contribution in [0, 0.1) is 5.41 Å². The van der Waals surface area contributed by atoms with Gasteiger partial charge in [0.1, 0.15) is 5.82 Å². The molecule has 0 radical (unpaired) electrons. The second-order valence-electron chi connectivity index (χ2n) is 4.65. The van der Waals surface area contributed by atoms with Gasteiger partial charge in [-0.2, -0.15) is 4.37 Å². The van der Waals surface area contributed by atoms with Gasteiger partial charge in [-0.25, -0.2) is 4.98 Å². The number of carboxylic acids is 1. The zero-order chi connectivity index (χ0) is 12.3. The Kier molecular flexibility index (Phi) is 3.61. The number of anilines is 1. The Balaban J connectivity index is 1.89. The molecule has 0 spiro atoms. The van der Waals surface area contributed by atoms with Gasteiger partial charge in [-0.3, -0.25) is 4.79 Å². The van der Waals surface area contributed by atoms with Gasteiger partial charge in [-0.15, -0.1) is 0 Å². The van der Waals surface area contributed by atoms with Gasteiger partial charge in [0.25, 0.3) is 0 Å². The van der Waals surface area contributed by atoms with E-state index >= 15 is 0 Å². The maximum absolute atomic E-state index is 10.8. The molecule has 17 heavy (non-hydrogen) atoms. The summed E-state index contributed by atoms with van der Waals surface area (Å²) < 4.78 is 4.19. The lowest BCUT2D eigenvalue weighted by Crippen LogP contribution is -2.38. The quantitative estimate of drug-likeness (QED) is 0.814. The summed E-state index contributed by atoms with van der Waals surface area (Å²) in [4.78, 5) is 15.1. The molecule has 1 fully saturated rings. The summed E-state index contributed by atoms with van der Waals surface area (Å²) in [6.07, 6.45) is 4.20. The van der Waals surface area contributed by atoms with Crippen LogP contribution >= 0.6 is 11.5 Å². The zero-order valence-electron chi connectivity index (χ0n) is 9.90. The molecule has 94 valence electrons. The largest absolute Gasteiger partial charge is 0.481 e. The van der Waals surface area contributed by atoms with Gasteiger partial charge in [-0.1, -0.05) is 13.3 Å². The van der Waals surface area contributed by atoms with Crippen LogP contribution in [0.3, 0.4) is 0 Å². The smallest absolute Gasteiger partial charge is 0.303 e.